The summed E-state index contributed by atoms with van der Waals surface area (Å²) in [6, 6.07) is 2.51. The largest absolute Gasteiger partial charge is 0.481 e. The van der Waals surface area contributed by atoms with E-state index in [0.717, 1.165) is 12.5 Å². The first-order valence-electron chi connectivity index (χ1n) is 7.13. The van der Waals surface area contributed by atoms with Gasteiger partial charge in [-0.15, -0.1) is 0 Å². The molecular formula is C15H19FN2O3. The van der Waals surface area contributed by atoms with Crippen LogP contribution in [0.25, 0.3) is 0 Å². The minimum absolute atomic E-state index is 0.201. The standard InChI is InChI=1S/C15H19FN2O3/c1-2-6-15(14(20)21)7-3-8-18(10-15)13(19)11-4-5-12(16)17-9-11/h4-5,9H,2-3,6-8,10H2,1H3,(H,20,21). The van der Waals surface area contributed by atoms with E-state index in [4.69, 9.17) is 0 Å². The highest BCUT2D eigenvalue weighted by atomic mass is 19.1. The number of aliphatic carboxylic acids is 1. The molecule has 6 heteroatoms. The lowest BCUT2D eigenvalue weighted by atomic mass is 9.76. The molecule has 1 aliphatic heterocycles. The van der Waals surface area contributed by atoms with E-state index in [1.807, 2.05) is 6.92 Å². The van der Waals surface area contributed by atoms with Crippen molar-refractivity contribution in [2.45, 2.75) is 32.6 Å². The Morgan fingerprint density at radius 3 is 2.81 bits per heavy atom. The van der Waals surface area contributed by atoms with Gasteiger partial charge in [-0.3, -0.25) is 9.59 Å². The summed E-state index contributed by atoms with van der Waals surface area (Å²) in [5, 5.41) is 9.53. The molecule has 1 fully saturated rings. The first-order chi connectivity index (χ1) is 9.98. The first-order valence-corrected chi connectivity index (χ1v) is 7.13. The van der Waals surface area contributed by atoms with Crippen molar-refractivity contribution < 1.29 is 19.1 Å². The lowest BCUT2D eigenvalue weighted by Gasteiger charge is -2.39. The Morgan fingerprint density at radius 1 is 1.48 bits per heavy atom. The fraction of sp³-hybridized carbons (Fsp3) is 0.533. The van der Waals surface area contributed by atoms with Crippen LogP contribution in [0.3, 0.4) is 0 Å². The van der Waals surface area contributed by atoms with Gasteiger partial charge in [0, 0.05) is 19.3 Å². The monoisotopic (exact) mass is 294 g/mol. The summed E-state index contributed by atoms with van der Waals surface area (Å²) in [5.74, 6) is -1.78. The number of piperidine rings is 1. The van der Waals surface area contributed by atoms with Crippen LogP contribution < -0.4 is 0 Å². The molecule has 0 aromatic carbocycles. The van der Waals surface area contributed by atoms with E-state index in [1.165, 1.54) is 12.3 Å². The highest BCUT2D eigenvalue weighted by molar-refractivity contribution is 5.94. The third-order valence-electron chi connectivity index (χ3n) is 4.02. The number of aromatic nitrogens is 1. The molecule has 1 saturated heterocycles. The van der Waals surface area contributed by atoms with Gasteiger partial charge < -0.3 is 10.0 Å². The van der Waals surface area contributed by atoms with Crippen LogP contribution in [0.2, 0.25) is 0 Å². The second-order valence-electron chi connectivity index (χ2n) is 5.54. The zero-order chi connectivity index (χ0) is 15.5. The third-order valence-corrected chi connectivity index (χ3v) is 4.02. The van der Waals surface area contributed by atoms with Crippen molar-refractivity contribution in [3.63, 3.8) is 0 Å². The van der Waals surface area contributed by atoms with Gasteiger partial charge in [-0.25, -0.2) is 4.98 Å². The molecule has 0 aliphatic carbocycles. The third kappa shape index (κ3) is 3.20. The lowest BCUT2D eigenvalue weighted by Crippen LogP contribution is -2.49. The Bertz CT molecular complexity index is 528. The fourth-order valence-electron chi connectivity index (χ4n) is 2.95. The van der Waals surface area contributed by atoms with Crippen LogP contribution in [0, 0.1) is 11.4 Å². The van der Waals surface area contributed by atoms with E-state index in [9.17, 15) is 19.1 Å². The molecule has 1 aromatic rings. The number of likely N-dealkylation sites (tertiary alicyclic amines) is 1. The predicted molar refractivity (Wildman–Crippen MR) is 74.3 cm³/mol. The van der Waals surface area contributed by atoms with Crippen LogP contribution in [-0.2, 0) is 4.79 Å². The van der Waals surface area contributed by atoms with Crippen LogP contribution in [0.5, 0.6) is 0 Å². The molecule has 0 spiro atoms. The van der Waals surface area contributed by atoms with Crippen molar-refractivity contribution in [1.29, 1.82) is 0 Å². The van der Waals surface area contributed by atoms with E-state index in [2.05, 4.69) is 4.98 Å². The molecule has 0 saturated carbocycles. The van der Waals surface area contributed by atoms with Gasteiger partial charge in [-0.1, -0.05) is 13.3 Å². The lowest BCUT2D eigenvalue weighted by molar-refractivity contribution is -0.152. The number of halogens is 1. The SMILES string of the molecule is CCCC1(C(=O)O)CCCN(C(=O)c2ccc(F)nc2)C1. The van der Waals surface area contributed by atoms with E-state index >= 15 is 0 Å². The number of nitrogens with zero attached hydrogens (tertiary/aromatic N) is 2. The van der Waals surface area contributed by atoms with E-state index in [-0.39, 0.29) is 18.0 Å². The van der Waals surface area contributed by atoms with Crippen molar-refractivity contribution in [1.82, 2.24) is 9.88 Å². The smallest absolute Gasteiger partial charge is 0.311 e. The van der Waals surface area contributed by atoms with Crippen LogP contribution in [-0.4, -0.2) is 40.0 Å². The Hall–Kier alpha value is -1.98. The second kappa shape index (κ2) is 6.20. The molecule has 2 rings (SSSR count). The summed E-state index contributed by atoms with van der Waals surface area (Å²) in [5.41, 5.74) is -0.579. The highest BCUT2D eigenvalue weighted by Gasteiger charge is 2.42. The molecule has 1 aromatic heterocycles. The summed E-state index contributed by atoms with van der Waals surface area (Å²) in [7, 11) is 0. The van der Waals surface area contributed by atoms with Gasteiger partial charge in [-0.05, 0) is 31.4 Å². The van der Waals surface area contributed by atoms with Crippen molar-refractivity contribution in [3.05, 3.63) is 29.8 Å². The normalized spacial score (nSPS) is 22.1. The van der Waals surface area contributed by atoms with Crippen LogP contribution in [0.15, 0.2) is 18.3 Å². The molecule has 1 amide bonds. The second-order valence-corrected chi connectivity index (χ2v) is 5.54. The number of amides is 1. The molecule has 0 radical (unpaired) electrons. The van der Waals surface area contributed by atoms with Gasteiger partial charge in [0.25, 0.3) is 5.91 Å². The van der Waals surface area contributed by atoms with Crippen LogP contribution in [0.1, 0.15) is 43.0 Å². The summed E-state index contributed by atoms with van der Waals surface area (Å²) in [4.78, 5) is 29.0. The van der Waals surface area contributed by atoms with E-state index in [0.29, 0.717) is 25.8 Å². The summed E-state index contributed by atoms with van der Waals surface area (Å²) in [6.07, 6.45) is 3.74. The average molecular weight is 294 g/mol. The van der Waals surface area contributed by atoms with E-state index < -0.39 is 17.3 Å². The Balaban J connectivity index is 2.18. The number of carbonyl (C=O) groups excluding carboxylic acids is 1. The molecular weight excluding hydrogens is 275 g/mol. The number of hydrogen-bond acceptors (Lipinski definition) is 3. The minimum Gasteiger partial charge on any atom is -0.481 e. The van der Waals surface area contributed by atoms with Crippen LogP contribution in [0.4, 0.5) is 4.39 Å². The Kier molecular flexibility index (Phi) is 4.55. The maximum Gasteiger partial charge on any atom is 0.311 e. The van der Waals surface area contributed by atoms with Crippen molar-refractivity contribution in [2.24, 2.45) is 5.41 Å². The summed E-state index contributed by atoms with van der Waals surface area (Å²) in [6.45, 7) is 2.66. The quantitative estimate of drug-likeness (QED) is 0.865. The van der Waals surface area contributed by atoms with E-state index in [1.54, 1.807) is 4.90 Å². The van der Waals surface area contributed by atoms with Gasteiger partial charge in [0.2, 0.25) is 5.95 Å². The predicted octanol–water partition coefficient (Wildman–Crippen LogP) is 2.33. The zero-order valence-corrected chi connectivity index (χ0v) is 12.0. The zero-order valence-electron chi connectivity index (χ0n) is 12.0. The van der Waals surface area contributed by atoms with Crippen molar-refractivity contribution >= 4 is 11.9 Å². The molecule has 0 bridgehead atoms. The first kappa shape index (κ1) is 15.4. The average Bonchev–Trinajstić information content (AvgIpc) is 2.48. The van der Waals surface area contributed by atoms with Gasteiger partial charge in [0.15, 0.2) is 0 Å². The van der Waals surface area contributed by atoms with Crippen LogP contribution >= 0.6 is 0 Å². The number of pyridine rings is 1. The molecule has 2 heterocycles. The number of rotatable bonds is 4. The number of carboxylic acids is 1. The minimum atomic E-state index is -0.865. The molecule has 114 valence electrons. The molecule has 1 unspecified atom stereocenters. The topological polar surface area (TPSA) is 70.5 Å². The van der Waals surface area contributed by atoms with Crippen molar-refractivity contribution in [3.8, 4) is 0 Å². The molecule has 1 N–H and O–H groups in total. The van der Waals surface area contributed by atoms with Gasteiger partial charge in [0.05, 0.1) is 11.0 Å². The van der Waals surface area contributed by atoms with Gasteiger partial charge in [-0.2, -0.15) is 4.39 Å². The number of carbonyl (C=O) groups is 2. The van der Waals surface area contributed by atoms with Crippen molar-refractivity contribution in [2.75, 3.05) is 13.1 Å². The molecule has 21 heavy (non-hydrogen) atoms. The molecule has 1 atom stereocenters. The Morgan fingerprint density at radius 2 is 2.24 bits per heavy atom. The number of carboxylic acid groups (broad SMARTS) is 1. The fourth-order valence-corrected chi connectivity index (χ4v) is 2.95. The number of hydrogen-bond donors (Lipinski definition) is 1. The summed E-state index contributed by atoms with van der Waals surface area (Å²) < 4.78 is 12.8. The maximum atomic E-state index is 12.8. The molecule has 1 aliphatic rings. The summed E-state index contributed by atoms with van der Waals surface area (Å²) >= 11 is 0. The highest BCUT2D eigenvalue weighted by Crippen LogP contribution is 2.35. The Labute approximate surface area is 122 Å². The maximum absolute atomic E-state index is 12.8. The van der Waals surface area contributed by atoms with Gasteiger partial charge >= 0.3 is 5.97 Å². The molecule has 5 nitrogen and oxygen atoms in total. The van der Waals surface area contributed by atoms with Gasteiger partial charge in [0.1, 0.15) is 0 Å².